The van der Waals surface area contributed by atoms with Crippen LogP contribution >= 0.6 is 0 Å². The molecule has 1 aromatic heterocycles. The molecule has 0 radical (unpaired) electrons. The number of nitrogen functional groups attached to an aromatic ring is 1. The first-order valence-electron chi connectivity index (χ1n) is 5.94. The standard InChI is InChI=1S/C11H17F3N4O/c1-2-3-4-17(8-11(12,13)14)10(19)7-18-6-9(15)5-16-18/h5-6H,2-4,7-8,15H2,1H3. The fourth-order valence-electron chi connectivity index (χ4n) is 1.56. The van der Waals surface area contributed by atoms with Gasteiger partial charge in [-0.2, -0.15) is 18.3 Å². The zero-order valence-corrected chi connectivity index (χ0v) is 10.7. The highest BCUT2D eigenvalue weighted by Crippen LogP contribution is 2.17. The van der Waals surface area contributed by atoms with E-state index in [1.165, 1.54) is 17.1 Å². The molecule has 8 heteroatoms. The zero-order chi connectivity index (χ0) is 14.5. The van der Waals surface area contributed by atoms with E-state index < -0.39 is 18.6 Å². The van der Waals surface area contributed by atoms with Gasteiger partial charge in [-0.15, -0.1) is 0 Å². The third-order valence-corrected chi connectivity index (χ3v) is 2.45. The van der Waals surface area contributed by atoms with Crippen molar-refractivity contribution in [1.82, 2.24) is 14.7 Å². The lowest BCUT2D eigenvalue weighted by atomic mass is 10.3. The van der Waals surface area contributed by atoms with E-state index >= 15 is 0 Å². The summed E-state index contributed by atoms with van der Waals surface area (Å²) in [6.45, 7) is 0.468. The Balaban J connectivity index is 2.65. The molecule has 19 heavy (non-hydrogen) atoms. The van der Waals surface area contributed by atoms with Crippen LogP contribution in [0.5, 0.6) is 0 Å². The molecule has 1 amide bonds. The van der Waals surface area contributed by atoms with Crippen LogP contribution in [0.25, 0.3) is 0 Å². The van der Waals surface area contributed by atoms with Gasteiger partial charge in [-0.25, -0.2) is 0 Å². The van der Waals surface area contributed by atoms with Crippen molar-refractivity contribution < 1.29 is 18.0 Å². The molecule has 0 atom stereocenters. The molecule has 1 rings (SSSR count). The van der Waals surface area contributed by atoms with Gasteiger partial charge in [0, 0.05) is 12.7 Å². The second-order valence-electron chi connectivity index (χ2n) is 4.26. The molecule has 1 aromatic rings. The van der Waals surface area contributed by atoms with Crippen LogP contribution in [0, 0.1) is 0 Å². The van der Waals surface area contributed by atoms with Gasteiger partial charge in [0.25, 0.3) is 0 Å². The lowest BCUT2D eigenvalue weighted by molar-refractivity contribution is -0.161. The van der Waals surface area contributed by atoms with Crippen molar-refractivity contribution in [1.29, 1.82) is 0 Å². The lowest BCUT2D eigenvalue weighted by Gasteiger charge is -2.23. The van der Waals surface area contributed by atoms with Crippen molar-refractivity contribution >= 4 is 11.6 Å². The molecule has 0 aliphatic carbocycles. The van der Waals surface area contributed by atoms with Gasteiger partial charge in [-0.05, 0) is 6.42 Å². The average Bonchev–Trinajstić information content (AvgIpc) is 2.68. The molecule has 0 aromatic carbocycles. The van der Waals surface area contributed by atoms with Gasteiger partial charge < -0.3 is 10.6 Å². The van der Waals surface area contributed by atoms with Gasteiger partial charge in [0.15, 0.2) is 0 Å². The Labute approximate surface area is 109 Å². The molecule has 108 valence electrons. The van der Waals surface area contributed by atoms with Crippen molar-refractivity contribution in [3.8, 4) is 0 Å². The van der Waals surface area contributed by atoms with Crippen LogP contribution in [0.4, 0.5) is 18.9 Å². The third-order valence-electron chi connectivity index (χ3n) is 2.45. The van der Waals surface area contributed by atoms with Crippen molar-refractivity contribution in [3.05, 3.63) is 12.4 Å². The van der Waals surface area contributed by atoms with Gasteiger partial charge >= 0.3 is 6.18 Å². The minimum atomic E-state index is -4.40. The first-order chi connectivity index (χ1) is 8.81. The molecule has 0 fully saturated rings. The van der Waals surface area contributed by atoms with Crippen LogP contribution in [0.15, 0.2) is 12.4 Å². The number of anilines is 1. The van der Waals surface area contributed by atoms with E-state index in [2.05, 4.69) is 5.10 Å². The van der Waals surface area contributed by atoms with Crippen molar-refractivity contribution in [2.75, 3.05) is 18.8 Å². The number of unbranched alkanes of at least 4 members (excludes halogenated alkanes) is 1. The molecule has 5 nitrogen and oxygen atoms in total. The Morgan fingerprint density at radius 1 is 1.53 bits per heavy atom. The Morgan fingerprint density at radius 3 is 2.68 bits per heavy atom. The number of carbonyl (C=O) groups is 1. The van der Waals surface area contributed by atoms with E-state index in [-0.39, 0.29) is 13.1 Å². The van der Waals surface area contributed by atoms with Crippen molar-refractivity contribution in [2.45, 2.75) is 32.5 Å². The molecule has 0 saturated carbocycles. The third kappa shape index (κ3) is 5.62. The Kier molecular flexibility index (Phi) is 5.20. The quantitative estimate of drug-likeness (QED) is 0.860. The number of aromatic nitrogens is 2. The Hall–Kier alpha value is -1.73. The van der Waals surface area contributed by atoms with Crippen LogP contribution in [0.3, 0.4) is 0 Å². The summed E-state index contributed by atoms with van der Waals surface area (Å²) in [4.78, 5) is 12.6. The monoisotopic (exact) mass is 278 g/mol. The molecule has 2 N–H and O–H groups in total. The smallest absolute Gasteiger partial charge is 0.396 e. The van der Waals surface area contributed by atoms with Crippen LogP contribution in [0.2, 0.25) is 0 Å². The molecule has 1 heterocycles. The van der Waals surface area contributed by atoms with Crippen LogP contribution in [0.1, 0.15) is 19.8 Å². The van der Waals surface area contributed by atoms with E-state index in [4.69, 9.17) is 5.73 Å². The maximum absolute atomic E-state index is 12.4. The highest BCUT2D eigenvalue weighted by molar-refractivity contribution is 5.76. The highest BCUT2D eigenvalue weighted by atomic mass is 19.4. The molecule has 0 aliphatic rings. The van der Waals surface area contributed by atoms with E-state index in [0.29, 0.717) is 12.1 Å². The first-order valence-corrected chi connectivity index (χ1v) is 5.94. The normalized spacial score (nSPS) is 11.6. The number of alkyl halides is 3. The van der Waals surface area contributed by atoms with E-state index in [1.54, 1.807) is 0 Å². The Bertz CT molecular complexity index is 416. The van der Waals surface area contributed by atoms with Gasteiger partial charge in [-0.3, -0.25) is 9.48 Å². The topological polar surface area (TPSA) is 64.2 Å². The molecule has 0 saturated heterocycles. The summed E-state index contributed by atoms with van der Waals surface area (Å²) < 4.78 is 38.4. The van der Waals surface area contributed by atoms with E-state index in [0.717, 1.165) is 11.3 Å². The zero-order valence-electron chi connectivity index (χ0n) is 10.7. The Morgan fingerprint density at radius 2 is 2.21 bits per heavy atom. The van der Waals surface area contributed by atoms with Crippen LogP contribution < -0.4 is 5.73 Å². The lowest BCUT2D eigenvalue weighted by Crippen LogP contribution is -2.41. The maximum Gasteiger partial charge on any atom is 0.406 e. The molecular weight excluding hydrogens is 261 g/mol. The summed E-state index contributed by atoms with van der Waals surface area (Å²) in [6, 6.07) is 0. The number of hydrogen-bond donors (Lipinski definition) is 1. The summed E-state index contributed by atoms with van der Waals surface area (Å²) in [5, 5.41) is 3.78. The summed E-state index contributed by atoms with van der Waals surface area (Å²) in [5.41, 5.74) is 5.79. The fourth-order valence-corrected chi connectivity index (χ4v) is 1.56. The largest absolute Gasteiger partial charge is 0.406 e. The van der Waals surface area contributed by atoms with Gasteiger partial charge in [0.2, 0.25) is 5.91 Å². The van der Waals surface area contributed by atoms with Crippen LogP contribution in [-0.2, 0) is 11.3 Å². The molecule has 0 spiro atoms. The average molecular weight is 278 g/mol. The summed E-state index contributed by atoms with van der Waals surface area (Å²) >= 11 is 0. The second kappa shape index (κ2) is 6.44. The number of carbonyl (C=O) groups excluding carboxylic acids is 1. The maximum atomic E-state index is 12.4. The molecular formula is C11H17F3N4O. The fraction of sp³-hybridized carbons (Fsp3) is 0.636. The second-order valence-corrected chi connectivity index (χ2v) is 4.26. The van der Waals surface area contributed by atoms with Gasteiger partial charge in [0.1, 0.15) is 13.1 Å². The number of hydrogen-bond acceptors (Lipinski definition) is 3. The number of nitrogens with zero attached hydrogens (tertiary/aromatic N) is 3. The number of halogens is 3. The van der Waals surface area contributed by atoms with Gasteiger partial charge in [-0.1, -0.05) is 13.3 Å². The summed E-state index contributed by atoms with van der Waals surface area (Å²) in [7, 11) is 0. The summed E-state index contributed by atoms with van der Waals surface area (Å²) in [5.74, 6) is -0.617. The minimum Gasteiger partial charge on any atom is -0.396 e. The van der Waals surface area contributed by atoms with Crippen molar-refractivity contribution in [2.24, 2.45) is 0 Å². The minimum absolute atomic E-state index is 0.0889. The van der Waals surface area contributed by atoms with Crippen LogP contribution in [-0.4, -0.2) is 39.9 Å². The van der Waals surface area contributed by atoms with Crippen molar-refractivity contribution in [3.63, 3.8) is 0 Å². The predicted octanol–water partition coefficient (Wildman–Crippen LogP) is 1.66. The molecule has 0 bridgehead atoms. The predicted molar refractivity (Wildman–Crippen MR) is 64.2 cm³/mol. The number of rotatable bonds is 6. The van der Waals surface area contributed by atoms with E-state index in [1.807, 2.05) is 6.92 Å². The number of amides is 1. The van der Waals surface area contributed by atoms with E-state index in [9.17, 15) is 18.0 Å². The first kappa shape index (κ1) is 15.3. The molecule has 0 aliphatic heterocycles. The van der Waals surface area contributed by atoms with Gasteiger partial charge in [0.05, 0.1) is 11.9 Å². The number of nitrogens with two attached hydrogens (primary N) is 1. The molecule has 0 unspecified atom stereocenters. The highest BCUT2D eigenvalue weighted by Gasteiger charge is 2.32. The SMILES string of the molecule is CCCCN(CC(F)(F)F)C(=O)Cn1cc(N)cn1. The summed E-state index contributed by atoms with van der Waals surface area (Å²) in [6.07, 6.45) is -0.400.